The zero-order chi connectivity index (χ0) is 21.6. The van der Waals surface area contributed by atoms with Crippen molar-refractivity contribution in [3.05, 3.63) is 70.0 Å². The molecule has 4 rings (SSSR count). The average Bonchev–Trinajstić information content (AvgIpc) is 3.46. The van der Waals surface area contributed by atoms with Crippen molar-refractivity contribution in [1.29, 1.82) is 0 Å². The van der Waals surface area contributed by atoms with Crippen LogP contribution in [0.1, 0.15) is 45.7 Å². The molecule has 1 aliphatic heterocycles. The Labute approximate surface area is 184 Å². The van der Waals surface area contributed by atoms with Crippen LogP contribution in [0.4, 0.5) is 0 Å². The van der Waals surface area contributed by atoms with E-state index in [2.05, 4.69) is 25.7 Å². The summed E-state index contributed by atoms with van der Waals surface area (Å²) in [5, 5.41) is 12.7. The molecule has 8 nitrogen and oxygen atoms in total. The first-order valence-electron chi connectivity index (χ1n) is 10.3. The number of carbonyl (C=O) groups excluding carboxylic acids is 2. The highest BCUT2D eigenvalue weighted by Crippen LogP contribution is 2.23. The summed E-state index contributed by atoms with van der Waals surface area (Å²) in [5.41, 5.74) is 1.31. The monoisotopic (exact) mass is 439 g/mol. The molecule has 162 valence electrons. The van der Waals surface area contributed by atoms with E-state index in [1.807, 2.05) is 35.7 Å². The molecule has 1 aromatic carbocycles. The largest absolute Gasteiger partial charge is 0.361 e. The van der Waals surface area contributed by atoms with Crippen LogP contribution in [-0.2, 0) is 4.79 Å². The number of likely N-dealkylation sites (tertiary alicyclic amines) is 1. The standard InChI is InChI=1S/C22H25N5O3S/c1-15-13-18(26-30-15)21(29)24-17-7-10-27(11-8-17)14-19(28)25-20(22-23-9-12-31-22)16-5-3-2-4-6-16/h2-6,9,12-13,17,20H,7-8,10-11,14H2,1H3,(H,24,29)(H,25,28). The summed E-state index contributed by atoms with van der Waals surface area (Å²) in [7, 11) is 0. The van der Waals surface area contributed by atoms with Crippen molar-refractivity contribution in [1.82, 2.24) is 25.7 Å². The second kappa shape index (κ2) is 9.84. The Balaban J connectivity index is 1.28. The van der Waals surface area contributed by atoms with Crippen molar-refractivity contribution in [3.63, 3.8) is 0 Å². The summed E-state index contributed by atoms with van der Waals surface area (Å²) in [6.45, 7) is 3.55. The van der Waals surface area contributed by atoms with Crippen LogP contribution < -0.4 is 10.6 Å². The number of hydrogen-bond donors (Lipinski definition) is 2. The number of nitrogens with one attached hydrogen (secondary N) is 2. The molecule has 1 atom stereocenters. The molecule has 1 saturated heterocycles. The molecule has 3 heterocycles. The molecule has 1 aliphatic rings. The molecule has 2 N–H and O–H groups in total. The molecule has 3 aromatic rings. The normalized spacial score (nSPS) is 16.0. The van der Waals surface area contributed by atoms with Crippen molar-refractivity contribution in [2.75, 3.05) is 19.6 Å². The Morgan fingerprint density at radius 3 is 2.68 bits per heavy atom. The summed E-state index contributed by atoms with van der Waals surface area (Å²) in [6, 6.07) is 11.3. The molecule has 0 radical (unpaired) electrons. The van der Waals surface area contributed by atoms with E-state index in [1.54, 1.807) is 19.2 Å². The Morgan fingerprint density at radius 1 is 1.26 bits per heavy atom. The Morgan fingerprint density at radius 2 is 2.03 bits per heavy atom. The van der Waals surface area contributed by atoms with Crippen LogP contribution in [-0.4, -0.2) is 52.5 Å². The van der Waals surface area contributed by atoms with Crippen molar-refractivity contribution >= 4 is 23.2 Å². The molecule has 31 heavy (non-hydrogen) atoms. The van der Waals surface area contributed by atoms with Crippen LogP contribution in [0.5, 0.6) is 0 Å². The lowest BCUT2D eigenvalue weighted by Gasteiger charge is -2.32. The molecular weight excluding hydrogens is 414 g/mol. The number of piperidine rings is 1. The van der Waals surface area contributed by atoms with Crippen molar-refractivity contribution in [3.8, 4) is 0 Å². The van der Waals surface area contributed by atoms with Gasteiger partial charge in [-0.1, -0.05) is 35.5 Å². The Kier molecular flexibility index (Phi) is 6.73. The first kappa shape index (κ1) is 21.2. The minimum atomic E-state index is -0.253. The minimum Gasteiger partial charge on any atom is -0.361 e. The molecule has 0 aliphatic carbocycles. The lowest BCUT2D eigenvalue weighted by Crippen LogP contribution is -2.47. The van der Waals surface area contributed by atoms with Gasteiger partial charge in [-0.2, -0.15) is 0 Å². The van der Waals surface area contributed by atoms with E-state index in [0.717, 1.165) is 36.5 Å². The van der Waals surface area contributed by atoms with E-state index in [0.29, 0.717) is 18.0 Å². The van der Waals surface area contributed by atoms with E-state index in [-0.39, 0.29) is 23.9 Å². The summed E-state index contributed by atoms with van der Waals surface area (Å²) >= 11 is 1.53. The first-order valence-corrected chi connectivity index (χ1v) is 11.2. The number of carbonyl (C=O) groups is 2. The molecule has 1 fully saturated rings. The smallest absolute Gasteiger partial charge is 0.273 e. The molecular formula is C22H25N5O3S. The van der Waals surface area contributed by atoms with Gasteiger partial charge in [-0.15, -0.1) is 11.3 Å². The molecule has 2 amide bonds. The van der Waals surface area contributed by atoms with E-state index in [9.17, 15) is 9.59 Å². The highest BCUT2D eigenvalue weighted by Gasteiger charge is 2.25. The van der Waals surface area contributed by atoms with Crippen molar-refractivity contribution < 1.29 is 14.1 Å². The number of benzene rings is 1. The lowest BCUT2D eigenvalue weighted by atomic mass is 10.0. The zero-order valence-corrected chi connectivity index (χ0v) is 18.1. The quantitative estimate of drug-likeness (QED) is 0.587. The summed E-state index contributed by atoms with van der Waals surface area (Å²) in [6.07, 6.45) is 3.32. The van der Waals surface area contributed by atoms with Crippen LogP contribution in [0, 0.1) is 6.92 Å². The summed E-state index contributed by atoms with van der Waals surface area (Å²) in [5.74, 6) is 0.351. The molecule has 0 bridgehead atoms. The minimum absolute atomic E-state index is 0.0374. The predicted octanol–water partition coefficient (Wildman–Crippen LogP) is 2.54. The van der Waals surface area contributed by atoms with Gasteiger partial charge in [-0.3, -0.25) is 14.5 Å². The maximum Gasteiger partial charge on any atom is 0.273 e. The third kappa shape index (κ3) is 5.56. The van der Waals surface area contributed by atoms with Gasteiger partial charge in [0.2, 0.25) is 5.91 Å². The molecule has 2 aromatic heterocycles. The molecule has 0 spiro atoms. The van der Waals surface area contributed by atoms with E-state index in [4.69, 9.17) is 4.52 Å². The predicted molar refractivity (Wildman–Crippen MR) is 117 cm³/mol. The van der Waals surface area contributed by atoms with Crippen LogP contribution in [0.15, 0.2) is 52.5 Å². The highest BCUT2D eigenvalue weighted by atomic mass is 32.1. The zero-order valence-electron chi connectivity index (χ0n) is 17.3. The SMILES string of the molecule is Cc1cc(C(=O)NC2CCN(CC(=O)NC(c3ccccc3)c3nccs3)CC2)no1. The van der Waals surface area contributed by atoms with E-state index >= 15 is 0 Å². The number of amides is 2. The third-order valence-corrected chi connectivity index (χ3v) is 6.13. The van der Waals surface area contributed by atoms with Gasteiger partial charge >= 0.3 is 0 Å². The van der Waals surface area contributed by atoms with Crippen LogP contribution in [0.2, 0.25) is 0 Å². The average molecular weight is 440 g/mol. The number of aryl methyl sites for hydroxylation is 1. The van der Waals surface area contributed by atoms with Gasteiger partial charge in [-0.05, 0) is 25.3 Å². The second-order valence-electron chi connectivity index (χ2n) is 7.63. The van der Waals surface area contributed by atoms with E-state index in [1.165, 1.54) is 11.3 Å². The van der Waals surface area contributed by atoms with Crippen LogP contribution >= 0.6 is 11.3 Å². The Bertz CT molecular complexity index is 997. The summed E-state index contributed by atoms with van der Waals surface area (Å²) < 4.78 is 4.96. The Hall–Kier alpha value is -3.04. The summed E-state index contributed by atoms with van der Waals surface area (Å²) in [4.78, 5) is 31.5. The number of nitrogens with zero attached hydrogens (tertiary/aromatic N) is 3. The fourth-order valence-corrected chi connectivity index (χ4v) is 4.40. The van der Waals surface area contributed by atoms with Crippen LogP contribution in [0.25, 0.3) is 0 Å². The first-order chi connectivity index (χ1) is 15.1. The maximum absolute atomic E-state index is 12.8. The number of aromatic nitrogens is 2. The third-order valence-electron chi connectivity index (χ3n) is 5.29. The van der Waals surface area contributed by atoms with Gasteiger partial charge in [0, 0.05) is 36.8 Å². The number of rotatable bonds is 7. The van der Waals surface area contributed by atoms with Gasteiger partial charge < -0.3 is 15.2 Å². The van der Waals surface area contributed by atoms with Gasteiger partial charge in [0.1, 0.15) is 16.8 Å². The molecule has 0 saturated carbocycles. The fraction of sp³-hybridized carbons (Fsp3) is 0.364. The second-order valence-corrected chi connectivity index (χ2v) is 8.55. The van der Waals surface area contributed by atoms with E-state index < -0.39 is 0 Å². The van der Waals surface area contributed by atoms with Crippen molar-refractivity contribution in [2.24, 2.45) is 0 Å². The van der Waals surface area contributed by atoms with Gasteiger partial charge in [-0.25, -0.2) is 4.98 Å². The van der Waals surface area contributed by atoms with Gasteiger partial charge in [0.05, 0.1) is 6.54 Å². The van der Waals surface area contributed by atoms with Crippen molar-refractivity contribution in [2.45, 2.75) is 31.8 Å². The fourth-order valence-electron chi connectivity index (χ4n) is 3.69. The maximum atomic E-state index is 12.8. The topological polar surface area (TPSA) is 100 Å². The van der Waals surface area contributed by atoms with Gasteiger partial charge in [0.25, 0.3) is 5.91 Å². The number of hydrogen-bond acceptors (Lipinski definition) is 7. The molecule has 1 unspecified atom stereocenters. The van der Waals surface area contributed by atoms with Crippen LogP contribution in [0.3, 0.4) is 0 Å². The van der Waals surface area contributed by atoms with Gasteiger partial charge in [0.15, 0.2) is 5.69 Å². The molecule has 9 heteroatoms. The number of thiazole rings is 1. The highest BCUT2D eigenvalue weighted by molar-refractivity contribution is 7.09. The lowest BCUT2D eigenvalue weighted by molar-refractivity contribution is -0.123.